The molecule has 0 radical (unpaired) electrons. The van der Waals surface area contributed by atoms with Crippen molar-refractivity contribution in [2.24, 2.45) is 11.7 Å². The first-order chi connectivity index (χ1) is 9.42. The number of halogens is 2. The van der Waals surface area contributed by atoms with Gasteiger partial charge in [0.05, 0.1) is 10.3 Å². The normalized spacial score (nSPS) is 18.6. The zero-order chi connectivity index (χ0) is 14.8. The molecule has 6 nitrogen and oxygen atoms in total. The number of thiophene rings is 1. The van der Waals surface area contributed by atoms with Gasteiger partial charge in [0.25, 0.3) is 10.0 Å². The number of hydrogen-bond acceptors (Lipinski definition) is 5. The molecular formula is C11H17BrClN3O3S2. The standard InChI is InChI=1S/C11H16BrN3O3S2.ClH/c12-9-1-2-11(19-9)20(17,18)14-6-10(16)15-4-3-8(5-13)7-15;/h1-2,8,14H,3-7,13H2;1H. The largest absolute Gasteiger partial charge is 0.341 e. The van der Waals surface area contributed by atoms with E-state index in [1.807, 2.05) is 0 Å². The molecule has 120 valence electrons. The summed E-state index contributed by atoms with van der Waals surface area (Å²) in [6, 6.07) is 3.16. The molecule has 0 spiro atoms. The van der Waals surface area contributed by atoms with E-state index in [0.29, 0.717) is 25.6 Å². The molecule has 3 N–H and O–H groups in total. The predicted octanol–water partition coefficient (Wildman–Crippen LogP) is 1.02. The van der Waals surface area contributed by atoms with Gasteiger partial charge in [0, 0.05) is 13.1 Å². The molecule has 10 heteroatoms. The SMILES string of the molecule is Cl.NCC1CCN(C(=O)CNS(=O)(=O)c2ccc(Br)s2)C1. The number of nitrogens with two attached hydrogens (primary N) is 1. The molecule has 2 rings (SSSR count). The van der Waals surface area contributed by atoms with Crippen molar-refractivity contribution >= 4 is 55.6 Å². The lowest BCUT2D eigenvalue weighted by molar-refractivity contribution is -0.129. The van der Waals surface area contributed by atoms with Gasteiger partial charge in [-0.15, -0.1) is 23.7 Å². The van der Waals surface area contributed by atoms with Crippen LogP contribution < -0.4 is 10.5 Å². The monoisotopic (exact) mass is 417 g/mol. The van der Waals surface area contributed by atoms with Crippen molar-refractivity contribution < 1.29 is 13.2 Å². The maximum atomic E-state index is 12.0. The highest BCUT2D eigenvalue weighted by molar-refractivity contribution is 9.11. The summed E-state index contributed by atoms with van der Waals surface area (Å²) in [6.07, 6.45) is 0.882. The number of carbonyl (C=O) groups excluding carboxylic acids is 1. The van der Waals surface area contributed by atoms with Gasteiger partial charge in [0.2, 0.25) is 5.91 Å². The Labute approximate surface area is 142 Å². The minimum atomic E-state index is -3.62. The van der Waals surface area contributed by atoms with Crippen LogP contribution in [0.25, 0.3) is 0 Å². The van der Waals surface area contributed by atoms with Crippen LogP contribution in [0.4, 0.5) is 0 Å². The van der Waals surface area contributed by atoms with E-state index in [2.05, 4.69) is 20.7 Å². The summed E-state index contributed by atoms with van der Waals surface area (Å²) < 4.78 is 27.2. The zero-order valence-electron chi connectivity index (χ0n) is 11.1. The summed E-state index contributed by atoms with van der Waals surface area (Å²) in [6.45, 7) is 1.60. The van der Waals surface area contributed by atoms with Crippen molar-refractivity contribution in [3.05, 3.63) is 15.9 Å². The second-order valence-corrected chi connectivity index (χ2v) is 9.07. The van der Waals surface area contributed by atoms with Gasteiger partial charge in [-0.1, -0.05) is 0 Å². The topological polar surface area (TPSA) is 92.5 Å². The van der Waals surface area contributed by atoms with E-state index < -0.39 is 10.0 Å². The Hall–Kier alpha value is -0.190. The highest BCUT2D eigenvalue weighted by Crippen LogP contribution is 2.25. The van der Waals surface area contributed by atoms with Crippen molar-refractivity contribution in [1.82, 2.24) is 9.62 Å². The number of carbonyl (C=O) groups is 1. The molecule has 0 aromatic carbocycles. The molecule has 0 saturated carbocycles. The van der Waals surface area contributed by atoms with Crippen LogP contribution in [0.3, 0.4) is 0 Å². The number of nitrogens with one attached hydrogen (secondary N) is 1. The number of hydrogen-bond donors (Lipinski definition) is 2. The number of amides is 1. The zero-order valence-corrected chi connectivity index (χ0v) is 15.2. The first-order valence-corrected chi connectivity index (χ1v) is 9.24. The lowest BCUT2D eigenvalue weighted by atomic mass is 10.1. The Kier molecular flexibility index (Phi) is 7.08. The van der Waals surface area contributed by atoms with E-state index in [9.17, 15) is 13.2 Å². The Bertz CT molecular complexity index is 593. The van der Waals surface area contributed by atoms with E-state index >= 15 is 0 Å². The molecule has 1 saturated heterocycles. The van der Waals surface area contributed by atoms with E-state index in [-0.39, 0.29) is 29.1 Å². The maximum Gasteiger partial charge on any atom is 0.250 e. The van der Waals surface area contributed by atoms with Gasteiger partial charge >= 0.3 is 0 Å². The van der Waals surface area contributed by atoms with Gasteiger partial charge in [0.1, 0.15) is 4.21 Å². The maximum absolute atomic E-state index is 12.0. The lowest BCUT2D eigenvalue weighted by Gasteiger charge is -2.16. The van der Waals surface area contributed by atoms with E-state index in [1.54, 1.807) is 11.0 Å². The minimum Gasteiger partial charge on any atom is -0.341 e. The highest BCUT2D eigenvalue weighted by atomic mass is 79.9. The summed E-state index contributed by atoms with van der Waals surface area (Å²) >= 11 is 4.32. The molecule has 1 unspecified atom stereocenters. The van der Waals surface area contributed by atoms with E-state index in [4.69, 9.17) is 5.73 Å². The summed E-state index contributed by atoms with van der Waals surface area (Å²) in [4.78, 5) is 13.6. The van der Waals surface area contributed by atoms with E-state index in [0.717, 1.165) is 21.5 Å². The third kappa shape index (κ3) is 4.90. The molecule has 2 heterocycles. The molecule has 1 aliphatic heterocycles. The molecule has 0 aliphatic carbocycles. The van der Waals surface area contributed by atoms with Gasteiger partial charge in [-0.2, -0.15) is 0 Å². The average Bonchev–Trinajstić information content (AvgIpc) is 3.04. The molecule has 1 aromatic rings. The first-order valence-electron chi connectivity index (χ1n) is 6.15. The number of rotatable bonds is 5. The summed E-state index contributed by atoms with van der Waals surface area (Å²) in [5, 5.41) is 0. The van der Waals surface area contributed by atoms with Gasteiger partial charge in [-0.3, -0.25) is 4.79 Å². The van der Waals surface area contributed by atoms with Crippen LogP contribution in [0.1, 0.15) is 6.42 Å². The second-order valence-electron chi connectivity index (χ2n) is 4.61. The smallest absolute Gasteiger partial charge is 0.250 e. The van der Waals surface area contributed by atoms with Crippen LogP contribution >= 0.6 is 39.7 Å². The third-order valence-corrected chi connectivity index (χ3v) is 6.72. The van der Waals surface area contributed by atoms with E-state index in [1.165, 1.54) is 6.07 Å². The molecule has 1 fully saturated rings. The molecule has 0 bridgehead atoms. The predicted molar refractivity (Wildman–Crippen MR) is 88.2 cm³/mol. The quantitative estimate of drug-likeness (QED) is 0.746. The molecule has 21 heavy (non-hydrogen) atoms. The van der Waals surface area contributed by atoms with Crippen LogP contribution in [-0.4, -0.2) is 45.4 Å². The third-order valence-electron chi connectivity index (χ3n) is 3.20. The van der Waals surface area contributed by atoms with Crippen molar-refractivity contribution in [2.45, 2.75) is 10.6 Å². The van der Waals surface area contributed by atoms with Crippen LogP contribution in [0.5, 0.6) is 0 Å². The average molecular weight is 419 g/mol. The van der Waals surface area contributed by atoms with Crippen LogP contribution in [-0.2, 0) is 14.8 Å². The van der Waals surface area contributed by atoms with Gasteiger partial charge < -0.3 is 10.6 Å². The van der Waals surface area contributed by atoms with Crippen LogP contribution in [0.2, 0.25) is 0 Å². The van der Waals surface area contributed by atoms with Gasteiger partial charge in [-0.05, 0) is 46.9 Å². The first kappa shape index (κ1) is 18.9. The molecule has 1 atom stereocenters. The molecule has 1 aliphatic rings. The fourth-order valence-electron chi connectivity index (χ4n) is 2.03. The summed E-state index contributed by atoms with van der Waals surface area (Å²) in [5.74, 6) is 0.115. The Morgan fingerprint density at radius 2 is 2.24 bits per heavy atom. The Morgan fingerprint density at radius 1 is 1.52 bits per heavy atom. The van der Waals surface area contributed by atoms with Crippen molar-refractivity contribution in [3.8, 4) is 0 Å². The summed E-state index contributed by atoms with van der Waals surface area (Å²) in [7, 11) is -3.62. The van der Waals surface area contributed by atoms with Crippen molar-refractivity contribution in [2.75, 3.05) is 26.2 Å². The van der Waals surface area contributed by atoms with Gasteiger partial charge in [-0.25, -0.2) is 13.1 Å². The van der Waals surface area contributed by atoms with Gasteiger partial charge in [0.15, 0.2) is 0 Å². The van der Waals surface area contributed by atoms with Crippen LogP contribution in [0, 0.1) is 5.92 Å². The van der Waals surface area contributed by atoms with Crippen LogP contribution in [0.15, 0.2) is 20.1 Å². The lowest BCUT2D eigenvalue weighted by Crippen LogP contribution is -2.39. The Morgan fingerprint density at radius 3 is 2.76 bits per heavy atom. The number of sulfonamides is 1. The highest BCUT2D eigenvalue weighted by Gasteiger charge is 2.26. The second kappa shape index (κ2) is 7.89. The van der Waals surface area contributed by atoms with Crippen molar-refractivity contribution in [1.29, 1.82) is 0 Å². The fraction of sp³-hybridized carbons (Fsp3) is 0.545. The molecule has 1 amide bonds. The van der Waals surface area contributed by atoms with Crippen molar-refractivity contribution in [3.63, 3.8) is 0 Å². The number of nitrogens with zero attached hydrogens (tertiary/aromatic N) is 1. The molecule has 1 aromatic heterocycles. The fourth-order valence-corrected chi connectivity index (χ4v) is 5.06. The summed E-state index contributed by atoms with van der Waals surface area (Å²) in [5.41, 5.74) is 5.57. The Balaban J connectivity index is 0.00000220. The molecular weight excluding hydrogens is 402 g/mol. The minimum absolute atomic E-state index is 0. The number of likely N-dealkylation sites (tertiary alicyclic amines) is 1.